The smallest absolute Gasteiger partial charge is 0.420 e. The number of carbonyl (C=O) groups is 3. The molecule has 0 aliphatic carbocycles. The Kier molecular flexibility index (Phi) is 4.06. The third kappa shape index (κ3) is 2.72. The lowest BCUT2D eigenvalue weighted by molar-refractivity contribution is -0.150. The number of fused-ring (bicyclic) bond motifs is 2. The van der Waals surface area contributed by atoms with Crippen molar-refractivity contribution in [2.75, 3.05) is 5.75 Å². The molecule has 2 aromatic rings. The Morgan fingerprint density at radius 2 is 2.07 bits per heavy atom. The number of hydrogen-bond donors (Lipinski definition) is 2. The molecule has 0 radical (unpaired) electrons. The van der Waals surface area contributed by atoms with E-state index in [9.17, 15) is 24.3 Å². The van der Waals surface area contributed by atoms with Gasteiger partial charge in [-0.2, -0.15) is 0 Å². The molecule has 10 heteroatoms. The topological polar surface area (TPSA) is 122 Å². The highest BCUT2D eigenvalue weighted by atomic mass is 32.2. The Hall–Kier alpha value is -3.01. The van der Waals surface area contributed by atoms with E-state index in [1.54, 1.807) is 31.2 Å². The van der Waals surface area contributed by atoms with E-state index >= 15 is 0 Å². The fourth-order valence-electron chi connectivity index (χ4n) is 3.30. The van der Waals surface area contributed by atoms with Crippen LogP contribution in [0, 0.1) is 0 Å². The fourth-order valence-corrected chi connectivity index (χ4v) is 4.59. The van der Waals surface area contributed by atoms with Crippen molar-refractivity contribution < 1.29 is 23.9 Å². The van der Waals surface area contributed by atoms with Gasteiger partial charge in [0.15, 0.2) is 5.58 Å². The van der Waals surface area contributed by atoms with Crippen molar-refractivity contribution in [1.29, 1.82) is 0 Å². The predicted molar refractivity (Wildman–Crippen MR) is 95.8 cm³/mol. The van der Waals surface area contributed by atoms with Gasteiger partial charge in [0.1, 0.15) is 23.7 Å². The molecule has 0 unspecified atom stereocenters. The van der Waals surface area contributed by atoms with Gasteiger partial charge in [-0.05, 0) is 24.6 Å². The number of para-hydroxylation sites is 2. The summed E-state index contributed by atoms with van der Waals surface area (Å²) in [4.78, 5) is 49.3. The Bertz CT molecular complexity index is 1070. The van der Waals surface area contributed by atoms with Crippen LogP contribution in [0.15, 0.2) is 44.7 Å². The molecule has 0 spiro atoms. The van der Waals surface area contributed by atoms with E-state index in [0.717, 1.165) is 0 Å². The monoisotopic (exact) mass is 389 g/mol. The van der Waals surface area contributed by atoms with Gasteiger partial charge in [-0.1, -0.05) is 12.1 Å². The fraction of sp³-hybridized carbons (Fsp3) is 0.294. The minimum absolute atomic E-state index is 0.0219. The molecule has 2 aliphatic rings. The number of nitrogens with one attached hydrogen (secondary N) is 1. The van der Waals surface area contributed by atoms with Crippen LogP contribution in [0.3, 0.4) is 0 Å². The lowest BCUT2D eigenvalue weighted by atomic mass is 10.0. The molecule has 3 heterocycles. The molecule has 0 bridgehead atoms. The predicted octanol–water partition coefficient (Wildman–Crippen LogP) is 0.353. The number of benzene rings is 1. The molecule has 2 N–H and O–H groups in total. The number of amides is 2. The maximum Gasteiger partial charge on any atom is 0.420 e. The molecule has 140 valence electrons. The van der Waals surface area contributed by atoms with Crippen LogP contribution in [0.1, 0.15) is 6.92 Å². The highest BCUT2D eigenvalue weighted by Crippen LogP contribution is 2.40. The van der Waals surface area contributed by atoms with Crippen LogP contribution in [0.2, 0.25) is 0 Å². The van der Waals surface area contributed by atoms with Gasteiger partial charge in [0.25, 0.3) is 5.91 Å². The van der Waals surface area contributed by atoms with Crippen LogP contribution >= 0.6 is 11.8 Å². The molecule has 2 aliphatic heterocycles. The van der Waals surface area contributed by atoms with Crippen molar-refractivity contribution >= 4 is 40.6 Å². The van der Waals surface area contributed by atoms with Crippen LogP contribution in [-0.2, 0) is 20.9 Å². The maximum atomic E-state index is 12.4. The minimum Gasteiger partial charge on any atom is -0.477 e. The number of carbonyl (C=O) groups excluding carboxylic acids is 2. The van der Waals surface area contributed by atoms with E-state index in [1.165, 1.54) is 21.2 Å². The molecule has 27 heavy (non-hydrogen) atoms. The number of rotatable bonds is 4. The number of hydrogen-bond acceptors (Lipinski definition) is 6. The van der Waals surface area contributed by atoms with Crippen LogP contribution in [0.4, 0.5) is 0 Å². The lowest BCUT2D eigenvalue weighted by Crippen LogP contribution is -2.70. The zero-order valence-electron chi connectivity index (χ0n) is 14.2. The molecular weight excluding hydrogens is 374 g/mol. The van der Waals surface area contributed by atoms with E-state index in [2.05, 4.69) is 5.32 Å². The summed E-state index contributed by atoms with van der Waals surface area (Å²) < 4.78 is 6.27. The molecule has 2 amide bonds. The number of carboxylic acid groups (broad SMARTS) is 1. The molecule has 1 saturated heterocycles. The molecular formula is C17H15N3O6S. The molecule has 9 nitrogen and oxygen atoms in total. The second kappa shape index (κ2) is 6.31. The first-order valence-corrected chi connectivity index (χ1v) is 9.19. The second-order valence-corrected chi connectivity index (χ2v) is 7.42. The van der Waals surface area contributed by atoms with Gasteiger partial charge in [0, 0.05) is 5.75 Å². The summed E-state index contributed by atoms with van der Waals surface area (Å²) in [5, 5.41) is 11.5. The van der Waals surface area contributed by atoms with Crippen molar-refractivity contribution in [2.45, 2.75) is 24.9 Å². The zero-order valence-corrected chi connectivity index (χ0v) is 15.0. The average Bonchev–Trinajstić information content (AvgIpc) is 2.94. The summed E-state index contributed by atoms with van der Waals surface area (Å²) in [6.07, 6.45) is 0. The van der Waals surface area contributed by atoms with Gasteiger partial charge < -0.3 is 14.8 Å². The normalized spacial score (nSPS) is 21.8. The van der Waals surface area contributed by atoms with Crippen molar-refractivity contribution in [1.82, 2.24) is 14.8 Å². The van der Waals surface area contributed by atoms with E-state index in [1.807, 2.05) is 0 Å². The first-order valence-electron chi connectivity index (χ1n) is 8.14. The zero-order chi connectivity index (χ0) is 19.3. The Morgan fingerprint density at radius 1 is 1.33 bits per heavy atom. The highest BCUT2D eigenvalue weighted by molar-refractivity contribution is 8.00. The maximum absolute atomic E-state index is 12.4. The van der Waals surface area contributed by atoms with Gasteiger partial charge in [0.05, 0.1) is 5.52 Å². The molecule has 1 fully saturated rings. The van der Waals surface area contributed by atoms with Crippen molar-refractivity contribution in [3.05, 3.63) is 46.1 Å². The Morgan fingerprint density at radius 3 is 2.81 bits per heavy atom. The van der Waals surface area contributed by atoms with Crippen LogP contribution in [-0.4, -0.2) is 49.5 Å². The Balaban J connectivity index is 1.50. The van der Waals surface area contributed by atoms with Crippen LogP contribution < -0.4 is 11.1 Å². The summed E-state index contributed by atoms with van der Waals surface area (Å²) in [5.74, 6) is -2.35. The summed E-state index contributed by atoms with van der Waals surface area (Å²) in [6, 6.07) is 5.90. The summed E-state index contributed by atoms with van der Waals surface area (Å²) in [6.45, 7) is 1.37. The number of oxazole rings is 1. The first kappa shape index (κ1) is 17.4. The second-order valence-electron chi connectivity index (χ2n) is 6.31. The van der Waals surface area contributed by atoms with Crippen molar-refractivity contribution in [2.24, 2.45) is 0 Å². The SMILES string of the molecule is CC1=C(C(=O)O)N2C(=O)[C@@H](NC(=O)Cn3c(=O)oc4ccccc43)[C@H]2SC1. The van der Waals surface area contributed by atoms with E-state index in [0.29, 0.717) is 22.4 Å². The molecule has 4 rings (SSSR count). The third-order valence-electron chi connectivity index (χ3n) is 4.55. The molecule has 2 atom stereocenters. The molecule has 0 saturated carbocycles. The quantitative estimate of drug-likeness (QED) is 0.724. The highest BCUT2D eigenvalue weighted by Gasteiger charge is 2.53. The van der Waals surface area contributed by atoms with Crippen molar-refractivity contribution in [3.63, 3.8) is 0 Å². The summed E-state index contributed by atoms with van der Waals surface area (Å²) in [5.41, 5.74) is 1.44. The van der Waals surface area contributed by atoms with E-state index < -0.39 is 35.0 Å². The van der Waals surface area contributed by atoms with Crippen LogP contribution in [0.25, 0.3) is 11.1 Å². The van der Waals surface area contributed by atoms with E-state index in [4.69, 9.17) is 4.42 Å². The number of carboxylic acids is 1. The number of nitrogens with zero attached hydrogens (tertiary/aromatic N) is 2. The largest absolute Gasteiger partial charge is 0.477 e. The third-order valence-corrected chi connectivity index (χ3v) is 5.98. The van der Waals surface area contributed by atoms with Gasteiger partial charge in [-0.25, -0.2) is 9.59 Å². The molecule has 1 aromatic carbocycles. The van der Waals surface area contributed by atoms with Crippen LogP contribution in [0.5, 0.6) is 0 Å². The van der Waals surface area contributed by atoms with Gasteiger partial charge in [0.2, 0.25) is 5.91 Å². The Labute approximate surface area is 156 Å². The van der Waals surface area contributed by atoms with Gasteiger partial charge >= 0.3 is 11.7 Å². The average molecular weight is 389 g/mol. The number of aromatic nitrogens is 1. The lowest BCUT2D eigenvalue weighted by Gasteiger charge is -2.49. The summed E-state index contributed by atoms with van der Waals surface area (Å²) >= 11 is 1.39. The van der Waals surface area contributed by atoms with Gasteiger partial charge in [-0.15, -0.1) is 11.8 Å². The number of thioether (sulfide) groups is 1. The van der Waals surface area contributed by atoms with E-state index in [-0.39, 0.29) is 12.2 Å². The number of aliphatic carboxylic acids is 1. The number of β-lactam (4-membered cyclic amide) rings is 1. The summed E-state index contributed by atoms with van der Waals surface area (Å²) in [7, 11) is 0. The van der Waals surface area contributed by atoms with Crippen molar-refractivity contribution in [3.8, 4) is 0 Å². The minimum atomic E-state index is -1.16. The standard InChI is InChI=1S/C17H15N3O6S/c1-8-7-27-15-12(14(22)20(15)13(8)16(23)24)18-11(21)6-19-9-4-2-3-5-10(9)26-17(19)25/h2-5,12,15H,6-7H2,1H3,(H,18,21)(H,23,24)/t12-,15-/m1/s1. The molecule has 1 aromatic heterocycles. The first-order chi connectivity index (χ1) is 12.9. The van der Waals surface area contributed by atoms with Gasteiger partial charge in [-0.3, -0.25) is 19.1 Å².